The van der Waals surface area contributed by atoms with E-state index >= 15 is 0 Å². The fraction of sp³-hybridized carbons (Fsp3) is 0.524. The summed E-state index contributed by atoms with van der Waals surface area (Å²) in [7, 11) is 0. The zero-order valence-electron chi connectivity index (χ0n) is 15.1. The van der Waals surface area contributed by atoms with Gasteiger partial charge in [0.1, 0.15) is 0 Å². The van der Waals surface area contributed by atoms with E-state index in [1.54, 1.807) is 0 Å². The highest BCUT2D eigenvalue weighted by molar-refractivity contribution is 6.31. The molecule has 1 saturated heterocycles. The van der Waals surface area contributed by atoms with Crippen molar-refractivity contribution in [3.05, 3.63) is 58.1 Å². The van der Waals surface area contributed by atoms with Gasteiger partial charge in [0.05, 0.1) is 31.0 Å². The first-order chi connectivity index (χ1) is 12.6. The molecule has 3 rings (SSSR count). The third-order valence-electron chi connectivity index (χ3n) is 4.94. The van der Waals surface area contributed by atoms with Crippen LogP contribution in [0.3, 0.4) is 0 Å². The van der Waals surface area contributed by atoms with Gasteiger partial charge in [-0.05, 0) is 42.5 Å². The maximum absolute atomic E-state index is 10.0. The number of hydrogen-bond donors (Lipinski definition) is 2. The molecule has 1 fully saturated rings. The topological polar surface area (TPSA) is 58.9 Å². The molecule has 1 heterocycles. The van der Waals surface area contributed by atoms with Crippen molar-refractivity contribution < 1.29 is 19.7 Å². The lowest BCUT2D eigenvalue weighted by molar-refractivity contribution is -0.113. The summed E-state index contributed by atoms with van der Waals surface area (Å²) >= 11 is 6.41. The molecule has 0 spiro atoms. The zero-order valence-corrected chi connectivity index (χ0v) is 15.9. The Kier molecular flexibility index (Phi) is 6.90. The van der Waals surface area contributed by atoms with E-state index in [0.29, 0.717) is 19.4 Å². The summed E-state index contributed by atoms with van der Waals surface area (Å²) in [4.78, 5) is 0. The number of benzene rings is 1. The Morgan fingerprint density at radius 3 is 2.85 bits per heavy atom. The van der Waals surface area contributed by atoms with Crippen molar-refractivity contribution in [1.29, 1.82) is 0 Å². The molecule has 2 aliphatic rings. The predicted molar refractivity (Wildman–Crippen MR) is 102 cm³/mol. The summed E-state index contributed by atoms with van der Waals surface area (Å²) in [5.74, 6) is 0. The van der Waals surface area contributed by atoms with E-state index in [9.17, 15) is 10.2 Å². The highest BCUT2D eigenvalue weighted by Gasteiger charge is 2.29. The lowest BCUT2D eigenvalue weighted by Gasteiger charge is -2.32. The van der Waals surface area contributed by atoms with Crippen LogP contribution in [-0.2, 0) is 15.9 Å². The first-order valence-corrected chi connectivity index (χ1v) is 9.68. The normalized spacial score (nSPS) is 28.8. The van der Waals surface area contributed by atoms with Crippen molar-refractivity contribution in [2.24, 2.45) is 0 Å². The second-order valence-corrected chi connectivity index (χ2v) is 7.36. The molecule has 142 valence electrons. The lowest BCUT2D eigenvalue weighted by Crippen LogP contribution is -2.33. The molecule has 0 saturated carbocycles. The molecule has 1 aromatic rings. The van der Waals surface area contributed by atoms with Crippen molar-refractivity contribution in [3.63, 3.8) is 0 Å². The average molecular weight is 379 g/mol. The number of aliphatic hydroxyl groups is 2. The van der Waals surface area contributed by atoms with Crippen LogP contribution in [0.5, 0.6) is 0 Å². The molecule has 1 aromatic carbocycles. The summed E-state index contributed by atoms with van der Waals surface area (Å²) in [6.45, 7) is 2.64. The van der Waals surface area contributed by atoms with Gasteiger partial charge in [-0.1, -0.05) is 42.0 Å². The van der Waals surface area contributed by atoms with Gasteiger partial charge in [-0.15, -0.1) is 0 Å². The quantitative estimate of drug-likeness (QED) is 0.791. The van der Waals surface area contributed by atoms with E-state index < -0.39 is 6.10 Å². The third kappa shape index (κ3) is 4.96. The van der Waals surface area contributed by atoms with Crippen LogP contribution in [0.25, 0.3) is 0 Å². The standard InChI is InChI=1S/C21H27ClO4/c1-2-25-18-6-3-14(4-7-18)9-16-10-15(5-8-20(16)22)21-12-17(24)11-19(13-23)26-21/h3-6,8,10,17-19,21,23-24H,2,7,9,11-13H2,1H3/t17?,18?,19?,21-/m1/s1. The largest absolute Gasteiger partial charge is 0.394 e. The monoisotopic (exact) mass is 378 g/mol. The maximum Gasteiger partial charge on any atom is 0.0854 e. The van der Waals surface area contributed by atoms with Gasteiger partial charge in [-0.25, -0.2) is 0 Å². The van der Waals surface area contributed by atoms with E-state index in [1.807, 2.05) is 19.1 Å². The van der Waals surface area contributed by atoms with Gasteiger partial charge in [0.25, 0.3) is 0 Å². The van der Waals surface area contributed by atoms with Crippen molar-refractivity contribution in [2.75, 3.05) is 13.2 Å². The number of hydrogen-bond acceptors (Lipinski definition) is 4. The number of allylic oxidation sites excluding steroid dienone is 2. The second-order valence-electron chi connectivity index (χ2n) is 6.95. The van der Waals surface area contributed by atoms with Gasteiger partial charge < -0.3 is 19.7 Å². The fourth-order valence-corrected chi connectivity index (χ4v) is 3.77. The Morgan fingerprint density at radius 1 is 1.31 bits per heavy atom. The van der Waals surface area contributed by atoms with E-state index in [0.717, 1.165) is 29.0 Å². The Labute approximate surface area is 160 Å². The smallest absolute Gasteiger partial charge is 0.0854 e. The van der Waals surface area contributed by atoms with Crippen LogP contribution in [0.4, 0.5) is 0 Å². The summed E-state index contributed by atoms with van der Waals surface area (Å²) in [6.07, 6.45) is 8.23. The fourth-order valence-electron chi connectivity index (χ4n) is 3.59. The Bertz CT molecular complexity index is 670. The Hall–Kier alpha value is -1.17. The summed E-state index contributed by atoms with van der Waals surface area (Å²) in [5, 5.41) is 20.1. The Balaban J connectivity index is 1.71. The van der Waals surface area contributed by atoms with Crippen LogP contribution >= 0.6 is 11.6 Å². The molecule has 26 heavy (non-hydrogen) atoms. The molecule has 1 aliphatic carbocycles. The van der Waals surface area contributed by atoms with Crippen LogP contribution in [0, 0.1) is 0 Å². The minimum Gasteiger partial charge on any atom is -0.394 e. The van der Waals surface area contributed by atoms with Gasteiger partial charge in [-0.3, -0.25) is 0 Å². The number of aliphatic hydroxyl groups excluding tert-OH is 2. The van der Waals surface area contributed by atoms with Crippen LogP contribution in [-0.4, -0.2) is 41.7 Å². The predicted octanol–water partition coefficient (Wildman–Crippen LogP) is 3.75. The molecule has 1 aliphatic heterocycles. The lowest BCUT2D eigenvalue weighted by atomic mass is 9.93. The summed E-state index contributed by atoms with van der Waals surface area (Å²) < 4.78 is 11.5. The van der Waals surface area contributed by atoms with Crippen LogP contribution in [0.2, 0.25) is 5.02 Å². The van der Waals surface area contributed by atoms with Crippen LogP contribution in [0.1, 0.15) is 43.4 Å². The summed E-state index contributed by atoms with van der Waals surface area (Å²) in [5.41, 5.74) is 3.26. The SMILES string of the molecule is CCOC1C=CC(Cc2cc([C@H]3CC(O)CC(CO)O3)ccc2Cl)=CC1. The zero-order chi connectivity index (χ0) is 18.5. The van der Waals surface area contributed by atoms with E-state index in [4.69, 9.17) is 21.1 Å². The highest BCUT2D eigenvalue weighted by Crippen LogP contribution is 2.34. The maximum atomic E-state index is 10.0. The molecule has 5 heteroatoms. The molecule has 4 atom stereocenters. The molecular formula is C21H27ClO4. The molecule has 4 nitrogen and oxygen atoms in total. The van der Waals surface area contributed by atoms with Crippen LogP contribution in [0.15, 0.2) is 42.0 Å². The number of halogens is 1. The first-order valence-electron chi connectivity index (χ1n) is 9.30. The minimum atomic E-state index is -0.454. The van der Waals surface area contributed by atoms with Crippen molar-refractivity contribution >= 4 is 11.6 Å². The second kappa shape index (κ2) is 9.16. The van der Waals surface area contributed by atoms with Crippen molar-refractivity contribution in [1.82, 2.24) is 0 Å². The van der Waals surface area contributed by atoms with Crippen molar-refractivity contribution in [3.8, 4) is 0 Å². The van der Waals surface area contributed by atoms with E-state index in [1.165, 1.54) is 5.57 Å². The molecule has 0 radical (unpaired) electrons. The molecular weight excluding hydrogens is 352 g/mol. The highest BCUT2D eigenvalue weighted by atomic mass is 35.5. The van der Waals surface area contributed by atoms with Gasteiger partial charge in [-0.2, -0.15) is 0 Å². The Morgan fingerprint density at radius 2 is 2.15 bits per heavy atom. The van der Waals surface area contributed by atoms with Gasteiger partial charge in [0, 0.05) is 24.5 Å². The molecule has 2 N–H and O–H groups in total. The van der Waals surface area contributed by atoms with Gasteiger partial charge >= 0.3 is 0 Å². The molecule has 3 unspecified atom stereocenters. The van der Waals surface area contributed by atoms with E-state index in [2.05, 4.69) is 24.3 Å². The third-order valence-corrected chi connectivity index (χ3v) is 5.30. The van der Waals surface area contributed by atoms with Gasteiger partial charge in [0.15, 0.2) is 0 Å². The summed E-state index contributed by atoms with van der Waals surface area (Å²) in [6, 6.07) is 5.89. The number of ether oxygens (including phenoxy) is 2. The van der Waals surface area contributed by atoms with Gasteiger partial charge in [0.2, 0.25) is 0 Å². The van der Waals surface area contributed by atoms with Crippen molar-refractivity contribution in [2.45, 2.75) is 57.0 Å². The minimum absolute atomic E-state index is 0.0767. The van der Waals surface area contributed by atoms with E-state index in [-0.39, 0.29) is 24.9 Å². The van der Waals surface area contributed by atoms with Crippen LogP contribution < -0.4 is 0 Å². The first kappa shape index (κ1) is 19.6. The average Bonchev–Trinajstić information content (AvgIpc) is 2.64. The molecule has 0 amide bonds. The molecule has 0 bridgehead atoms. The number of rotatable bonds is 6. The molecule has 0 aromatic heterocycles.